The second kappa shape index (κ2) is 6.57. The zero-order valence-corrected chi connectivity index (χ0v) is 13.1. The summed E-state index contributed by atoms with van der Waals surface area (Å²) in [5, 5.41) is 9.22. The van der Waals surface area contributed by atoms with Crippen LogP contribution in [-0.4, -0.2) is 48.0 Å². The number of carbonyl (C=O) groups is 1. The van der Waals surface area contributed by atoms with Crippen LogP contribution in [-0.2, 0) is 4.79 Å². The molecule has 6 heteroatoms. The van der Waals surface area contributed by atoms with Gasteiger partial charge in [0.05, 0.1) is 5.69 Å². The van der Waals surface area contributed by atoms with E-state index in [1.165, 1.54) is 6.07 Å². The highest BCUT2D eigenvalue weighted by atomic mass is 32.2. The predicted octanol–water partition coefficient (Wildman–Crippen LogP) is 2.24. The molecule has 22 heavy (non-hydrogen) atoms. The topological polar surface area (TPSA) is 47.3 Å². The van der Waals surface area contributed by atoms with Gasteiger partial charge in [-0.1, -0.05) is 6.07 Å². The van der Waals surface area contributed by atoms with Gasteiger partial charge < -0.3 is 9.80 Å². The highest BCUT2D eigenvalue weighted by Gasteiger charge is 2.35. The highest BCUT2D eigenvalue weighted by molar-refractivity contribution is 7.99. The van der Waals surface area contributed by atoms with E-state index < -0.39 is 5.82 Å². The Balaban J connectivity index is 1.86. The number of halogens is 1. The molecule has 0 saturated carbocycles. The van der Waals surface area contributed by atoms with Crippen LogP contribution in [0, 0.1) is 17.1 Å². The molecule has 0 radical (unpaired) electrons. The summed E-state index contributed by atoms with van der Waals surface area (Å²) in [6.07, 6.45) is 1.66. The Bertz CT molecular complexity index is 610. The van der Waals surface area contributed by atoms with E-state index >= 15 is 0 Å². The fraction of sp³-hybridized carbons (Fsp3) is 0.500. The van der Waals surface area contributed by atoms with Gasteiger partial charge in [0.15, 0.2) is 0 Å². The quantitative estimate of drug-likeness (QED) is 0.839. The van der Waals surface area contributed by atoms with Gasteiger partial charge in [-0.3, -0.25) is 4.79 Å². The number of rotatable bonds is 2. The molecule has 0 aromatic heterocycles. The molecule has 2 aliphatic heterocycles. The second-order valence-corrected chi connectivity index (χ2v) is 6.76. The van der Waals surface area contributed by atoms with Crippen LogP contribution in [0.25, 0.3) is 0 Å². The third kappa shape index (κ3) is 2.78. The van der Waals surface area contributed by atoms with Crippen LogP contribution in [0.5, 0.6) is 0 Å². The molecular weight excluding hydrogens is 301 g/mol. The lowest BCUT2D eigenvalue weighted by molar-refractivity contribution is -0.132. The van der Waals surface area contributed by atoms with Crippen molar-refractivity contribution < 1.29 is 9.18 Å². The average Bonchev–Trinajstić information content (AvgIpc) is 3.04. The van der Waals surface area contributed by atoms with E-state index in [-0.39, 0.29) is 17.5 Å². The van der Waals surface area contributed by atoms with Crippen LogP contribution in [0.3, 0.4) is 0 Å². The van der Waals surface area contributed by atoms with Gasteiger partial charge in [0.2, 0.25) is 5.91 Å². The Kier molecular flexibility index (Phi) is 4.53. The SMILES string of the molecule is N#Cc1c(F)cccc1N1CCC[C@H]1C(=O)N1CCSCC1. The monoisotopic (exact) mass is 319 g/mol. The molecule has 1 atom stereocenters. The van der Waals surface area contributed by atoms with Crippen molar-refractivity contribution in [2.45, 2.75) is 18.9 Å². The zero-order chi connectivity index (χ0) is 15.5. The summed E-state index contributed by atoms with van der Waals surface area (Å²) in [5.74, 6) is 1.54. The first-order valence-corrected chi connectivity index (χ1v) is 8.69. The molecule has 116 valence electrons. The number of nitrogens with zero attached hydrogens (tertiary/aromatic N) is 3. The van der Waals surface area contributed by atoms with Gasteiger partial charge >= 0.3 is 0 Å². The lowest BCUT2D eigenvalue weighted by Crippen LogP contribution is -2.48. The Labute approximate surface area is 133 Å². The normalized spacial score (nSPS) is 21.7. The predicted molar refractivity (Wildman–Crippen MR) is 85.4 cm³/mol. The molecule has 0 unspecified atom stereocenters. The van der Waals surface area contributed by atoms with Gasteiger partial charge in [0.25, 0.3) is 0 Å². The van der Waals surface area contributed by atoms with E-state index in [2.05, 4.69) is 0 Å². The molecule has 3 rings (SSSR count). The fourth-order valence-electron chi connectivity index (χ4n) is 3.17. The zero-order valence-electron chi connectivity index (χ0n) is 12.3. The highest BCUT2D eigenvalue weighted by Crippen LogP contribution is 2.31. The lowest BCUT2D eigenvalue weighted by Gasteiger charge is -2.33. The van der Waals surface area contributed by atoms with Crippen molar-refractivity contribution in [1.82, 2.24) is 4.90 Å². The van der Waals surface area contributed by atoms with Crippen molar-refractivity contribution >= 4 is 23.4 Å². The third-order valence-corrected chi connectivity index (χ3v) is 5.22. The largest absolute Gasteiger partial charge is 0.358 e. The summed E-state index contributed by atoms with van der Waals surface area (Å²) in [6.45, 7) is 2.25. The minimum atomic E-state index is -0.521. The van der Waals surface area contributed by atoms with Gasteiger partial charge in [-0.15, -0.1) is 0 Å². The van der Waals surface area contributed by atoms with E-state index in [9.17, 15) is 14.4 Å². The molecule has 1 aromatic carbocycles. The minimum absolute atomic E-state index is 0.0383. The van der Waals surface area contributed by atoms with Crippen LogP contribution in [0.2, 0.25) is 0 Å². The number of nitriles is 1. The minimum Gasteiger partial charge on any atom is -0.358 e. The molecule has 2 fully saturated rings. The molecule has 2 aliphatic rings. The Morgan fingerprint density at radius 3 is 2.82 bits per heavy atom. The number of hydrogen-bond acceptors (Lipinski definition) is 4. The van der Waals surface area contributed by atoms with Gasteiger partial charge in [0, 0.05) is 31.1 Å². The van der Waals surface area contributed by atoms with E-state index in [0.717, 1.165) is 37.4 Å². The van der Waals surface area contributed by atoms with Crippen molar-refractivity contribution in [2.75, 3.05) is 36.0 Å². The molecule has 0 spiro atoms. The van der Waals surface area contributed by atoms with Crippen LogP contribution in [0.1, 0.15) is 18.4 Å². The first kappa shape index (κ1) is 15.2. The number of anilines is 1. The van der Waals surface area contributed by atoms with Crippen molar-refractivity contribution in [1.29, 1.82) is 5.26 Å². The van der Waals surface area contributed by atoms with Gasteiger partial charge in [-0.25, -0.2) is 4.39 Å². The molecule has 2 saturated heterocycles. The maximum absolute atomic E-state index is 13.8. The maximum atomic E-state index is 13.8. The molecule has 2 heterocycles. The summed E-state index contributed by atoms with van der Waals surface area (Å²) in [6, 6.07) is 6.29. The Morgan fingerprint density at radius 2 is 2.09 bits per heavy atom. The van der Waals surface area contributed by atoms with E-state index in [1.807, 2.05) is 27.6 Å². The molecule has 0 aliphatic carbocycles. The fourth-order valence-corrected chi connectivity index (χ4v) is 4.07. The molecule has 0 bridgehead atoms. The van der Waals surface area contributed by atoms with Crippen molar-refractivity contribution in [3.63, 3.8) is 0 Å². The van der Waals surface area contributed by atoms with Gasteiger partial charge in [-0.2, -0.15) is 17.0 Å². The summed E-state index contributed by atoms with van der Waals surface area (Å²) in [7, 11) is 0. The van der Waals surface area contributed by atoms with Crippen molar-refractivity contribution in [3.05, 3.63) is 29.6 Å². The number of thioether (sulfide) groups is 1. The second-order valence-electron chi connectivity index (χ2n) is 5.53. The lowest BCUT2D eigenvalue weighted by atomic mass is 10.1. The van der Waals surface area contributed by atoms with Crippen LogP contribution in [0.4, 0.5) is 10.1 Å². The van der Waals surface area contributed by atoms with Crippen LogP contribution >= 0.6 is 11.8 Å². The van der Waals surface area contributed by atoms with Crippen molar-refractivity contribution in [3.8, 4) is 6.07 Å². The van der Waals surface area contributed by atoms with E-state index in [4.69, 9.17) is 0 Å². The standard InChI is InChI=1S/C16H18FN3OS/c17-13-3-1-4-14(12(13)11-18)20-6-2-5-15(20)16(21)19-7-9-22-10-8-19/h1,3-4,15H,2,5-10H2/t15-/m0/s1. The number of carbonyl (C=O) groups excluding carboxylic acids is 1. The molecule has 0 N–H and O–H groups in total. The third-order valence-electron chi connectivity index (χ3n) is 4.27. The van der Waals surface area contributed by atoms with E-state index in [0.29, 0.717) is 12.2 Å². The van der Waals surface area contributed by atoms with Gasteiger partial charge in [0.1, 0.15) is 23.5 Å². The summed E-state index contributed by atoms with van der Waals surface area (Å²) in [5.41, 5.74) is 0.584. The van der Waals surface area contributed by atoms with Crippen LogP contribution in [0.15, 0.2) is 18.2 Å². The summed E-state index contributed by atoms with van der Waals surface area (Å²) >= 11 is 1.86. The number of benzene rings is 1. The smallest absolute Gasteiger partial charge is 0.245 e. The molecule has 1 aromatic rings. The Morgan fingerprint density at radius 1 is 1.32 bits per heavy atom. The van der Waals surface area contributed by atoms with E-state index in [1.54, 1.807) is 12.1 Å². The maximum Gasteiger partial charge on any atom is 0.245 e. The first-order chi connectivity index (χ1) is 10.7. The van der Waals surface area contributed by atoms with Crippen molar-refractivity contribution in [2.24, 2.45) is 0 Å². The number of amides is 1. The number of hydrogen-bond donors (Lipinski definition) is 0. The first-order valence-electron chi connectivity index (χ1n) is 7.54. The summed E-state index contributed by atoms with van der Waals surface area (Å²) in [4.78, 5) is 16.6. The van der Waals surface area contributed by atoms with Crippen LogP contribution < -0.4 is 4.90 Å². The summed E-state index contributed by atoms with van der Waals surface area (Å²) < 4.78 is 13.8. The Hall–Kier alpha value is -1.74. The van der Waals surface area contributed by atoms with Gasteiger partial charge in [-0.05, 0) is 25.0 Å². The molecular formula is C16H18FN3OS. The molecule has 1 amide bonds. The molecule has 4 nitrogen and oxygen atoms in total. The average molecular weight is 319 g/mol.